The minimum atomic E-state index is -5.07. The van der Waals surface area contributed by atoms with Gasteiger partial charge in [0, 0.05) is 10.9 Å². The smallest absolute Gasteiger partial charge is 0.395 e. The molecule has 1 aromatic heterocycles. The van der Waals surface area contributed by atoms with E-state index in [9.17, 15) is 35.5 Å². The summed E-state index contributed by atoms with van der Waals surface area (Å²) < 4.78 is 93.3. The Hall–Kier alpha value is -1.56. The van der Waals surface area contributed by atoms with Crippen molar-refractivity contribution in [2.24, 2.45) is 0 Å². The van der Waals surface area contributed by atoms with Crippen molar-refractivity contribution in [1.82, 2.24) is 4.72 Å². The number of thiophene rings is 1. The second-order valence-corrected chi connectivity index (χ2v) is 8.73. The number of sulfonamides is 1. The van der Waals surface area contributed by atoms with Crippen LogP contribution in [-0.2, 0) is 10.0 Å². The fraction of sp³-hybridized carbons (Fsp3) is 0.333. The Bertz CT molecular complexity index is 859. The molecule has 2 N–H and O–H groups in total. The zero-order chi connectivity index (χ0) is 19.7. The van der Waals surface area contributed by atoms with E-state index in [0.717, 1.165) is 11.3 Å². The molecule has 0 unspecified atom stereocenters. The highest BCUT2D eigenvalue weighted by molar-refractivity contribution is 7.91. The summed E-state index contributed by atoms with van der Waals surface area (Å²) in [7, 11) is -4.36. The van der Waals surface area contributed by atoms with Crippen LogP contribution in [0.4, 0.5) is 22.0 Å². The first-order valence-electron chi connectivity index (χ1n) is 7.16. The van der Waals surface area contributed by atoms with Crippen molar-refractivity contribution in [3.05, 3.63) is 52.4 Å². The molecule has 2 atom stereocenters. The van der Waals surface area contributed by atoms with Gasteiger partial charge >= 0.3 is 6.18 Å². The summed E-state index contributed by atoms with van der Waals surface area (Å²) in [6, 6.07) is 1.91. The number of halogens is 5. The first-order chi connectivity index (χ1) is 11.9. The van der Waals surface area contributed by atoms with E-state index in [2.05, 4.69) is 0 Å². The molecule has 26 heavy (non-hydrogen) atoms. The molecule has 4 nitrogen and oxygen atoms in total. The summed E-state index contributed by atoms with van der Waals surface area (Å²) in [6.07, 6.45) is -5.07. The molecule has 0 saturated carbocycles. The zero-order valence-electron chi connectivity index (χ0n) is 13.2. The predicted octanol–water partition coefficient (Wildman–Crippen LogP) is 3.32. The second kappa shape index (κ2) is 7.59. The number of aliphatic hydroxyl groups excluding tert-OH is 1. The predicted molar refractivity (Wildman–Crippen MR) is 85.4 cm³/mol. The molecule has 0 fully saturated rings. The van der Waals surface area contributed by atoms with Gasteiger partial charge in [-0.3, -0.25) is 0 Å². The van der Waals surface area contributed by atoms with Crippen molar-refractivity contribution in [3.63, 3.8) is 0 Å². The van der Waals surface area contributed by atoms with Gasteiger partial charge in [-0.05, 0) is 36.8 Å². The van der Waals surface area contributed by atoms with Gasteiger partial charge in [0.1, 0.15) is 15.8 Å². The van der Waals surface area contributed by atoms with Crippen LogP contribution in [0.5, 0.6) is 0 Å². The van der Waals surface area contributed by atoms with Crippen LogP contribution in [-0.4, -0.2) is 32.3 Å². The zero-order valence-corrected chi connectivity index (χ0v) is 14.9. The van der Waals surface area contributed by atoms with Crippen molar-refractivity contribution in [3.8, 4) is 0 Å². The second-order valence-electron chi connectivity index (χ2n) is 5.50. The van der Waals surface area contributed by atoms with Crippen molar-refractivity contribution < 1.29 is 35.5 Å². The van der Waals surface area contributed by atoms with Gasteiger partial charge in [-0.15, -0.1) is 11.3 Å². The van der Waals surface area contributed by atoms with E-state index >= 15 is 0 Å². The monoisotopic (exact) mass is 415 g/mol. The fourth-order valence-electron chi connectivity index (χ4n) is 2.43. The van der Waals surface area contributed by atoms with Crippen LogP contribution in [0.1, 0.15) is 16.4 Å². The van der Waals surface area contributed by atoms with Gasteiger partial charge in [0.2, 0.25) is 10.0 Å². The first-order valence-corrected chi connectivity index (χ1v) is 9.46. The van der Waals surface area contributed by atoms with E-state index in [-0.39, 0.29) is 4.21 Å². The molecule has 1 aromatic carbocycles. The summed E-state index contributed by atoms with van der Waals surface area (Å²) in [5, 5.41) is 9.36. The topological polar surface area (TPSA) is 66.4 Å². The molecule has 0 bridgehead atoms. The van der Waals surface area contributed by atoms with E-state index in [4.69, 9.17) is 0 Å². The molecule has 11 heteroatoms. The third-order valence-electron chi connectivity index (χ3n) is 3.48. The van der Waals surface area contributed by atoms with Gasteiger partial charge in [0.05, 0.1) is 18.6 Å². The Labute approximate surface area is 150 Å². The Morgan fingerprint density at radius 1 is 1.15 bits per heavy atom. The Morgan fingerprint density at radius 3 is 2.15 bits per heavy atom. The largest absolute Gasteiger partial charge is 0.397 e. The summed E-state index contributed by atoms with van der Waals surface area (Å²) in [5.41, 5.74) is -0.834. The fourth-order valence-corrected chi connectivity index (χ4v) is 4.97. The van der Waals surface area contributed by atoms with Crippen LogP contribution in [0.3, 0.4) is 0 Å². The first kappa shape index (κ1) is 20.7. The third-order valence-corrected chi connectivity index (χ3v) is 6.47. The van der Waals surface area contributed by atoms with E-state index in [0.29, 0.717) is 23.1 Å². The molecule has 0 saturated heterocycles. The molecule has 0 aliphatic carbocycles. The molecule has 0 spiro atoms. The lowest BCUT2D eigenvalue weighted by Crippen LogP contribution is -2.46. The molecule has 2 rings (SSSR count). The van der Waals surface area contributed by atoms with Crippen molar-refractivity contribution in [2.45, 2.75) is 29.3 Å². The molecular formula is C15H14F5NO3S2. The van der Waals surface area contributed by atoms with Gasteiger partial charge in [-0.25, -0.2) is 21.9 Å². The lowest BCUT2D eigenvalue weighted by Gasteiger charge is -2.28. The minimum absolute atomic E-state index is 0.236. The molecular weight excluding hydrogens is 401 g/mol. The van der Waals surface area contributed by atoms with Gasteiger partial charge in [0.15, 0.2) is 0 Å². The average molecular weight is 415 g/mol. The molecule has 0 radical (unpaired) electrons. The van der Waals surface area contributed by atoms with Gasteiger partial charge in [0.25, 0.3) is 0 Å². The van der Waals surface area contributed by atoms with Crippen molar-refractivity contribution in [2.75, 3.05) is 6.61 Å². The normalized spacial score (nSPS) is 15.0. The van der Waals surface area contributed by atoms with Crippen LogP contribution in [0.15, 0.2) is 34.5 Å². The number of hydrogen-bond donors (Lipinski definition) is 2. The maximum Gasteiger partial charge on any atom is 0.397 e. The van der Waals surface area contributed by atoms with Crippen LogP contribution in [0.2, 0.25) is 0 Å². The van der Waals surface area contributed by atoms with Crippen molar-refractivity contribution in [1.29, 1.82) is 0 Å². The highest BCUT2D eigenvalue weighted by Crippen LogP contribution is 2.38. The number of alkyl halides is 3. The average Bonchev–Trinajstić information content (AvgIpc) is 2.91. The van der Waals surface area contributed by atoms with E-state index < -0.39 is 52.0 Å². The number of hydrogen-bond acceptors (Lipinski definition) is 4. The van der Waals surface area contributed by atoms with Gasteiger partial charge in [-0.1, -0.05) is 0 Å². The number of aryl methyl sites for hydroxylation is 1. The molecule has 0 amide bonds. The van der Waals surface area contributed by atoms with Crippen LogP contribution >= 0.6 is 11.3 Å². The number of benzene rings is 1. The summed E-state index contributed by atoms with van der Waals surface area (Å²) >= 11 is 0.834. The highest BCUT2D eigenvalue weighted by Gasteiger charge is 2.47. The molecule has 0 aliphatic heterocycles. The number of aliphatic hydroxyl groups is 1. The maximum atomic E-state index is 13.5. The van der Waals surface area contributed by atoms with E-state index in [1.165, 1.54) is 12.1 Å². The molecule has 2 aromatic rings. The SMILES string of the molecule is Cc1ccc(S(=O)(=O)N[C@H](CO)[C@@H](c2cc(F)cc(F)c2)C(F)(F)F)s1. The Kier molecular flexibility index (Phi) is 6.06. The lowest BCUT2D eigenvalue weighted by molar-refractivity contribution is -0.158. The summed E-state index contributed by atoms with van der Waals surface area (Å²) in [5.74, 6) is -5.14. The van der Waals surface area contributed by atoms with Crippen molar-refractivity contribution >= 4 is 21.4 Å². The Balaban J connectivity index is 2.45. The summed E-state index contributed by atoms with van der Waals surface area (Å²) in [6.45, 7) is 0.382. The van der Waals surface area contributed by atoms with Gasteiger partial charge in [-0.2, -0.15) is 13.2 Å². The van der Waals surface area contributed by atoms with Crippen LogP contribution in [0, 0.1) is 18.6 Å². The minimum Gasteiger partial charge on any atom is -0.395 e. The van der Waals surface area contributed by atoms with Gasteiger partial charge < -0.3 is 5.11 Å². The van der Waals surface area contributed by atoms with Crippen LogP contribution in [0.25, 0.3) is 0 Å². The summed E-state index contributed by atoms with van der Waals surface area (Å²) in [4.78, 5) is 0.616. The molecule has 1 heterocycles. The molecule has 0 aliphatic rings. The Morgan fingerprint density at radius 2 is 1.73 bits per heavy atom. The third kappa shape index (κ3) is 4.78. The van der Waals surface area contributed by atoms with E-state index in [1.807, 2.05) is 0 Å². The van der Waals surface area contributed by atoms with Crippen LogP contribution < -0.4 is 4.72 Å². The molecule has 144 valence electrons. The number of rotatable bonds is 6. The lowest BCUT2D eigenvalue weighted by atomic mass is 9.91. The number of nitrogens with one attached hydrogen (secondary N) is 1. The van der Waals surface area contributed by atoms with E-state index in [1.54, 1.807) is 11.6 Å². The highest BCUT2D eigenvalue weighted by atomic mass is 32.2. The maximum absolute atomic E-state index is 13.5. The standard InChI is InChI=1S/C15H14F5NO3S2/c1-8-2-3-13(25-8)26(23,24)21-12(7-22)14(15(18,19)20)9-4-10(16)6-11(17)5-9/h2-6,12,14,21-22H,7H2,1H3/t12-,14-/m1/s1. The quantitative estimate of drug-likeness (QED) is 0.712.